The van der Waals surface area contributed by atoms with Gasteiger partial charge in [-0.25, -0.2) is 15.0 Å². The Bertz CT molecular complexity index is 2560. The molecule has 0 atom stereocenters. The van der Waals surface area contributed by atoms with E-state index in [-0.39, 0.29) is 0 Å². The van der Waals surface area contributed by atoms with Gasteiger partial charge in [-0.05, 0) is 34.4 Å². The zero-order valence-electron chi connectivity index (χ0n) is 25.3. The van der Waals surface area contributed by atoms with Gasteiger partial charge in [-0.1, -0.05) is 152 Å². The molecule has 220 valence electrons. The van der Waals surface area contributed by atoms with Crippen molar-refractivity contribution in [2.45, 2.75) is 0 Å². The summed E-state index contributed by atoms with van der Waals surface area (Å²) in [6.45, 7) is 0. The number of furan rings is 1. The van der Waals surface area contributed by atoms with Crippen LogP contribution in [0.5, 0.6) is 0 Å². The van der Waals surface area contributed by atoms with Crippen molar-refractivity contribution in [3.05, 3.63) is 164 Å². The van der Waals surface area contributed by atoms with Gasteiger partial charge in [0.25, 0.3) is 0 Å². The minimum absolute atomic E-state index is 0.609. The average molecular weight is 602 g/mol. The van der Waals surface area contributed by atoms with Crippen LogP contribution >= 0.6 is 0 Å². The molecule has 4 nitrogen and oxygen atoms in total. The second-order valence-electron chi connectivity index (χ2n) is 11.6. The molecule has 4 heteroatoms. The summed E-state index contributed by atoms with van der Waals surface area (Å²) >= 11 is 0. The Morgan fingerprint density at radius 1 is 0.340 bits per heavy atom. The van der Waals surface area contributed by atoms with Gasteiger partial charge in [-0.2, -0.15) is 0 Å². The molecule has 0 aliphatic rings. The molecular weight excluding hydrogens is 574 g/mol. The fraction of sp³-hybridized carbons (Fsp3) is 0. The maximum absolute atomic E-state index is 6.55. The van der Waals surface area contributed by atoms with Crippen LogP contribution in [0.15, 0.2) is 168 Å². The largest absolute Gasteiger partial charge is 0.455 e. The zero-order chi connectivity index (χ0) is 31.2. The summed E-state index contributed by atoms with van der Waals surface area (Å²) in [4.78, 5) is 15.6. The second kappa shape index (κ2) is 11.2. The highest BCUT2D eigenvalue weighted by Crippen LogP contribution is 2.43. The topological polar surface area (TPSA) is 51.8 Å². The van der Waals surface area contributed by atoms with Crippen LogP contribution in [0, 0.1) is 0 Å². The lowest BCUT2D eigenvalue weighted by molar-refractivity contribution is 0.672. The summed E-state index contributed by atoms with van der Waals surface area (Å²) in [7, 11) is 0. The predicted molar refractivity (Wildman–Crippen MR) is 192 cm³/mol. The van der Waals surface area contributed by atoms with E-state index in [9.17, 15) is 0 Å². The predicted octanol–water partition coefficient (Wildman–Crippen LogP) is 11.3. The molecule has 0 fully saturated rings. The minimum atomic E-state index is 0.609. The first-order chi connectivity index (χ1) is 23.3. The molecule has 0 N–H and O–H groups in total. The molecule has 0 bridgehead atoms. The average Bonchev–Trinajstić information content (AvgIpc) is 3.54. The molecule has 0 spiro atoms. The summed E-state index contributed by atoms with van der Waals surface area (Å²) in [5.41, 5.74) is 8.88. The van der Waals surface area contributed by atoms with Crippen molar-refractivity contribution in [3.8, 4) is 56.4 Å². The van der Waals surface area contributed by atoms with E-state index in [1.165, 1.54) is 0 Å². The Hall–Kier alpha value is -6.39. The Morgan fingerprint density at radius 3 is 1.57 bits per heavy atom. The normalized spacial score (nSPS) is 11.4. The van der Waals surface area contributed by atoms with Gasteiger partial charge in [0.1, 0.15) is 11.2 Å². The SMILES string of the molecule is c1ccc(-c2nc(-c3ccccc3-c3ccccc3)nc(-c3cc4c5ccccc5oc4c4cccc(-c5ccccc5)c34)n2)cc1. The Kier molecular flexibility index (Phi) is 6.43. The molecule has 7 aromatic carbocycles. The molecule has 0 aliphatic heterocycles. The number of hydrogen-bond acceptors (Lipinski definition) is 4. The van der Waals surface area contributed by atoms with Crippen LogP contribution in [-0.2, 0) is 0 Å². The maximum atomic E-state index is 6.55. The Labute approximate surface area is 271 Å². The molecule has 0 unspecified atom stereocenters. The highest BCUT2D eigenvalue weighted by molar-refractivity contribution is 6.21. The van der Waals surface area contributed by atoms with E-state index in [4.69, 9.17) is 19.4 Å². The molecule has 9 aromatic rings. The second-order valence-corrected chi connectivity index (χ2v) is 11.6. The van der Waals surface area contributed by atoms with Crippen molar-refractivity contribution < 1.29 is 4.42 Å². The lowest BCUT2D eigenvalue weighted by atomic mass is 9.92. The van der Waals surface area contributed by atoms with Crippen LogP contribution in [0.1, 0.15) is 0 Å². The van der Waals surface area contributed by atoms with Gasteiger partial charge in [0.15, 0.2) is 17.5 Å². The first-order valence-corrected chi connectivity index (χ1v) is 15.7. The highest BCUT2D eigenvalue weighted by Gasteiger charge is 2.22. The monoisotopic (exact) mass is 601 g/mol. The van der Waals surface area contributed by atoms with Crippen molar-refractivity contribution in [1.29, 1.82) is 0 Å². The highest BCUT2D eigenvalue weighted by atomic mass is 16.3. The Morgan fingerprint density at radius 2 is 0.851 bits per heavy atom. The smallest absolute Gasteiger partial charge is 0.164 e. The van der Waals surface area contributed by atoms with E-state index in [2.05, 4.69) is 103 Å². The van der Waals surface area contributed by atoms with E-state index in [1.54, 1.807) is 0 Å². The summed E-state index contributed by atoms with van der Waals surface area (Å²) in [5, 5.41) is 4.14. The number of para-hydroxylation sites is 1. The van der Waals surface area contributed by atoms with Gasteiger partial charge < -0.3 is 4.42 Å². The molecule has 2 aromatic heterocycles. The molecule has 2 heterocycles. The summed E-state index contributed by atoms with van der Waals surface area (Å²) < 4.78 is 6.55. The van der Waals surface area contributed by atoms with Crippen molar-refractivity contribution in [3.63, 3.8) is 0 Å². The van der Waals surface area contributed by atoms with Crippen LogP contribution in [0.2, 0.25) is 0 Å². The zero-order valence-corrected chi connectivity index (χ0v) is 25.3. The number of nitrogens with zero attached hydrogens (tertiary/aromatic N) is 3. The third-order valence-corrected chi connectivity index (χ3v) is 8.75. The molecule has 0 saturated carbocycles. The van der Waals surface area contributed by atoms with E-state index in [0.717, 1.165) is 71.7 Å². The lowest BCUT2D eigenvalue weighted by Gasteiger charge is -2.15. The molecule has 0 saturated heterocycles. The van der Waals surface area contributed by atoms with Gasteiger partial charge >= 0.3 is 0 Å². The van der Waals surface area contributed by atoms with Crippen LogP contribution in [0.3, 0.4) is 0 Å². The van der Waals surface area contributed by atoms with E-state index in [0.29, 0.717) is 17.5 Å². The first kappa shape index (κ1) is 27.0. The van der Waals surface area contributed by atoms with E-state index in [1.807, 2.05) is 60.7 Å². The van der Waals surface area contributed by atoms with Crippen molar-refractivity contribution in [2.24, 2.45) is 0 Å². The summed E-state index contributed by atoms with van der Waals surface area (Å²) in [6, 6.07) is 56.1. The van der Waals surface area contributed by atoms with Gasteiger partial charge in [-0.15, -0.1) is 0 Å². The van der Waals surface area contributed by atoms with Crippen LogP contribution in [-0.4, -0.2) is 15.0 Å². The molecule has 9 rings (SSSR count). The number of aromatic nitrogens is 3. The van der Waals surface area contributed by atoms with E-state index < -0.39 is 0 Å². The van der Waals surface area contributed by atoms with Gasteiger partial charge in [-0.3, -0.25) is 0 Å². The summed E-state index contributed by atoms with van der Waals surface area (Å²) in [5.74, 6) is 1.85. The van der Waals surface area contributed by atoms with Gasteiger partial charge in [0.2, 0.25) is 0 Å². The molecular formula is C43H27N3O. The third-order valence-electron chi connectivity index (χ3n) is 8.75. The van der Waals surface area contributed by atoms with Gasteiger partial charge in [0, 0.05) is 38.2 Å². The van der Waals surface area contributed by atoms with Crippen LogP contribution < -0.4 is 0 Å². The van der Waals surface area contributed by atoms with Crippen molar-refractivity contribution >= 4 is 32.7 Å². The van der Waals surface area contributed by atoms with Gasteiger partial charge in [0.05, 0.1) is 0 Å². The van der Waals surface area contributed by atoms with Crippen molar-refractivity contribution in [1.82, 2.24) is 15.0 Å². The first-order valence-electron chi connectivity index (χ1n) is 15.7. The third kappa shape index (κ3) is 4.66. The molecule has 0 amide bonds. The molecule has 47 heavy (non-hydrogen) atoms. The van der Waals surface area contributed by atoms with Crippen LogP contribution in [0.25, 0.3) is 89.1 Å². The quantitative estimate of drug-likeness (QED) is 0.197. The molecule has 0 radical (unpaired) electrons. The number of hydrogen-bond donors (Lipinski definition) is 0. The fourth-order valence-corrected chi connectivity index (χ4v) is 6.57. The lowest BCUT2D eigenvalue weighted by Crippen LogP contribution is -2.02. The summed E-state index contributed by atoms with van der Waals surface area (Å²) in [6.07, 6.45) is 0. The van der Waals surface area contributed by atoms with E-state index >= 15 is 0 Å². The Balaban J connectivity index is 1.40. The van der Waals surface area contributed by atoms with Crippen LogP contribution in [0.4, 0.5) is 0 Å². The fourth-order valence-electron chi connectivity index (χ4n) is 6.57. The van der Waals surface area contributed by atoms with Crippen molar-refractivity contribution in [2.75, 3.05) is 0 Å². The number of fused-ring (bicyclic) bond motifs is 5. The standard InChI is InChI=1S/C43H27N3O/c1-4-15-28(16-5-1)31-21-10-11-23-34(31)42-44-41(30-19-8-3-9-20-30)45-43(46-42)37-27-36-33-22-12-13-26-38(33)47-40(36)35-25-14-24-32(39(35)37)29-17-6-2-7-18-29/h1-27H. The molecule has 0 aliphatic carbocycles. The minimum Gasteiger partial charge on any atom is -0.455 e. The number of rotatable bonds is 5. The number of benzene rings is 7. The maximum Gasteiger partial charge on any atom is 0.164 e.